The van der Waals surface area contributed by atoms with Crippen LogP contribution >= 0.6 is 0 Å². The Labute approximate surface area is 154 Å². The van der Waals surface area contributed by atoms with Crippen LogP contribution in [0.15, 0.2) is 48.7 Å². The molecule has 1 amide bonds. The maximum atomic E-state index is 13.1. The van der Waals surface area contributed by atoms with Crippen molar-refractivity contribution in [1.82, 2.24) is 20.1 Å². The van der Waals surface area contributed by atoms with Crippen LogP contribution in [0.1, 0.15) is 33.8 Å². The van der Waals surface area contributed by atoms with Gasteiger partial charge in [0.2, 0.25) is 5.91 Å². The monoisotopic (exact) mass is 348 g/mol. The van der Waals surface area contributed by atoms with Gasteiger partial charge in [-0.2, -0.15) is 5.10 Å². The van der Waals surface area contributed by atoms with Crippen molar-refractivity contribution in [2.75, 3.05) is 0 Å². The number of hydrogen-bond donors (Lipinski definition) is 1. The van der Waals surface area contributed by atoms with Crippen LogP contribution in [0.5, 0.6) is 0 Å². The zero-order valence-electron chi connectivity index (χ0n) is 15.5. The van der Waals surface area contributed by atoms with Crippen LogP contribution in [0.2, 0.25) is 0 Å². The fraction of sp³-hybridized carbons (Fsp3) is 0.286. The third kappa shape index (κ3) is 4.17. The van der Waals surface area contributed by atoms with Crippen molar-refractivity contribution in [1.29, 1.82) is 0 Å². The van der Waals surface area contributed by atoms with Gasteiger partial charge in [0.25, 0.3) is 0 Å². The summed E-state index contributed by atoms with van der Waals surface area (Å²) in [6, 6.07) is 14.0. The van der Waals surface area contributed by atoms with Crippen molar-refractivity contribution in [3.8, 4) is 0 Å². The number of nitrogens with zero attached hydrogens (tertiary/aromatic N) is 3. The number of carbonyl (C=O) groups excluding carboxylic acids is 1. The van der Waals surface area contributed by atoms with E-state index in [9.17, 15) is 4.79 Å². The highest BCUT2D eigenvalue weighted by Crippen LogP contribution is 2.16. The van der Waals surface area contributed by atoms with Crippen molar-refractivity contribution in [3.63, 3.8) is 0 Å². The Kier molecular flexibility index (Phi) is 5.46. The molecule has 1 aromatic carbocycles. The fourth-order valence-electron chi connectivity index (χ4n) is 3.01. The van der Waals surface area contributed by atoms with E-state index in [2.05, 4.69) is 34.2 Å². The Balaban J connectivity index is 1.84. The first-order valence-electron chi connectivity index (χ1n) is 8.77. The summed E-state index contributed by atoms with van der Waals surface area (Å²) in [4.78, 5) is 19.3. The highest BCUT2D eigenvalue weighted by atomic mass is 16.2. The van der Waals surface area contributed by atoms with Gasteiger partial charge in [0.15, 0.2) is 0 Å². The second kappa shape index (κ2) is 7.95. The number of hydrogen-bond acceptors (Lipinski definition) is 3. The van der Waals surface area contributed by atoms with Crippen LogP contribution in [0.25, 0.3) is 0 Å². The first kappa shape index (κ1) is 17.9. The minimum absolute atomic E-state index is 0.0755. The second-order valence-electron chi connectivity index (χ2n) is 6.59. The van der Waals surface area contributed by atoms with Crippen LogP contribution in [0.4, 0.5) is 0 Å². The Bertz CT molecular complexity index is 867. The molecule has 134 valence electrons. The third-order valence-electron chi connectivity index (χ3n) is 4.66. The van der Waals surface area contributed by atoms with Gasteiger partial charge in [-0.25, -0.2) is 0 Å². The van der Waals surface area contributed by atoms with Gasteiger partial charge in [0.1, 0.15) is 0 Å². The minimum Gasteiger partial charge on any atom is -0.332 e. The van der Waals surface area contributed by atoms with Gasteiger partial charge in [-0.05, 0) is 44.0 Å². The molecule has 1 N–H and O–H groups in total. The SMILES string of the molecule is Cc1ccccc1CN(Cc1ccccn1)C(=O)Cc1c(C)n[nH]c1C. The molecule has 3 aromatic rings. The summed E-state index contributed by atoms with van der Waals surface area (Å²) in [5.74, 6) is 0.0755. The van der Waals surface area contributed by atoms with E-state index in [1.807, 2.05) is 49.1 Å². The number of amides is 1. The fourth-order valence-corrected chi connectivity index (χ4v) is 3.01. The Morgan fingerprint density at radius 2 is 1.81 bits per heavy atom. The molecule has 2 aromatic heterocycles. The van der Waals surface area contributed by atoms with E-state index in [1.54, 1.807) is 6.20 Å². The number of pyridine rings is 1. The molecule has 0 aliphatic heterocycles. The number of benzene rings is 1. The molecule has 3 rings (SSSR count). The van der Waals surface area contributed by atoms with Gasteiger partial charge in [0, 0.05) is 24.0 Å². The molecule has 0 aliphatic rings. The topological polar surface area (TPSA) is 61.9 Å². The van der Waals surface area contributed by atoms with Gasteiger partial charge in [-0.3, -0.25) is 14.9 Å². The van der Waals surface area contributed by atoms with Crippen LogP contribution in [0, 0.1) is 20.8 Å². The average Bonchev–Trinajstić information content (AvgIpc) is 2.95. The quantitative estimate of drug-likeness (QED) is 0.741. The molecular formula is C21H24N4O. The summed E-state index contributed by atoms with van der Waals surface area (Å²) in [7, 11) is 0. The zero-order valence-corrected chi connectivity index (χ0v) is 15.5. The first-order valence-corrected chi connectivity index (χ1v) is 8.77. The summed E-state index contributed by atoms with van der Waals surface area (Å²) in [6.45, 7) is 7.01. The van der Waals surface area contributed by atoms with Crippen molar-refractivity contribution >= 4 is 5.91 Å². The van der Waals surface area contributed by atoms with E-state index in [-0.39, 0.29) is 5.91 Å². The van der Waals surface area contributed by atoms with E-state index >= 15 is 0 Å². The lowest BCUT2D eigenvalue weighted by Crippen LogP contribution is -2.32. The maximum absolute atomic E-state index is 13.1. The Hall–Kier alpha value is -2.95. The molecule has 26 heavy (non-hydrogen) atoms. The van der Waals surface area contributed by atoms with Crippen LogP contribution in [-0.2, 0) is 24.3 Å². The molecule has 0 unspecified atom stereocenters. The number of H-pyrrole nitrogens is 1. The van der Waals surface area contributed by atoms with E-state index in [0.29, 0.717) is 19.5 Å². The normalized spacial score (nSPS) is 10.7. The van der Waals surface area contributed by atoms with E-state index in [1.165, 1.54) is 5.56 Å². The minimum atomic E-state index is 0.0755. The lowest BCUT2D eigenvalue weighted by molar-refractivity contribution is -0.131. The van der Waals surface area contributed by atoms with Crippen LogP contribution in [0.3, 0.4) is 0 Å². The molecule has 0 fully saturated rings. The van der Waals surface area contributed by atoms with Gasteiger partial charge < -0.3 is 4.90 Å². The van der Waals surface area contributed by atoms with Crippen molar-refractivity contribution in [3.05, 3.63) is 82.4 Å². The predicted molar refractivity (Wildman–Crippen MR) is 101 cm³/mol. The number of nitrogens with one attached hydrogen (secondary N) is 1. The molecule has 0 spiro atoms. The van der Waals surface area contributed by atoms with Gasteiger partial charge in [0.05, 0.1) is 24.4 Å². The maximum Gasteiger partial charge on any atom is 0.227 e. The van der Waals surface area contributed by atoms with Gasteiger partial charge in [-0.15, -0.1) is 0 Å². The second-order valence-corrected chi connectivity index (χ2v) is 6.59. The lowest BCUT2D eigenvalue weighted by atomic mass is 10.1. The molecule has 0 aliphatic carbocycles. The summed E-state index contributed by atoms with van der Waals surface area (Å²) in [6.07, 6.45) is 2.10. The first-order chi connectivity index (χ1) is 12.5. The summed E-state index contributed by atoms with van der Waals surface area (Å²) >= 11 is 0. The molecule has 0 radical (unpaired) electrons. The number of aromatic amines is 1. The van der Waals surface area contributed by atoms with Crippen molar-refractivity contribution in [2.24, 2.45) is 0 Å². The molecule has 0 saturated heterocycles. The van der Waals surface area contributed by atoms with Crippen LogP contribution < -0.4 is 0 Å². The smallest absolute Gasteiger partial charge is 0.227 e. The summed E-state index contributed by atoms with van der Waals surface area (Å²) < 4.78 is 0. The zero-order chi connectivity index (χ0) is 18.5. The molecular weight excluding hydrogens is 324 g/mol. The third-order valence-corrected chi connectivity index (χ3v) is 4.66. The standard InChI is InChI=1S/C21H24N4O/c1-15-8-4-5-9-18(15)13-25(14-19-10-6-7-11-22-19)21(26)12-20-16(2)23-24-17(20)3/h4-11H,12-14H2,1-3H3,(H,23,24). The summed E-state index contributed by atoms with van der Waals surface area (Å²) in [5, 5.41) is 7.16. The van der Waals surface area contributed by atoms with E-state index in [4.69, 9.17) is 0 Å². The Morgan fingerprint density at radius 1 is 1.04 bits per heavy atom. The van der Waals surface area contributed by atoms with Crippen molar-refractivity contribution < 1.29 is 4.79 Å². The molecule has 5 heteroatoms. The number of aryl methyl sites for hydroxylation is 3. The number of carbonyl (C=O) groups is 1. The number of rotatable bonds is 6. The molecule has 2 heterocycles. The lowest BCUT2D eigenvalue weighted by Gasteiger charge is -2.23. The highest BCUT2D eigenvalue weighted by molar-refractivity contribution is 5.79. The van der Waals surface area contributed by atoms with Crippen molar-refractivity contribution in [2.45, 2.75) is 40.3 Å². The molecule has 5 nitrogen and oxygen atoms in total. The van der Waals surface area contributed by atoms with Gasteiger partial charge in [-0.1, -0.05) is 30.3 Å². The summed E-state index contributed by atoms with van der Waals surface area (Å²) in [5.41, 5.74) is 6.02. The average molecular weight is 348 g/mol. The number of aromatic nitrogens is 3. The van der Waals surface area contributed by atoms with E-state index in [0.717, 1.165) is 28.2 Å². The highest BCUT2D eigenvalue weighted by Gasteiger charge is 2.19. The largest absolute Gasteiger partial charge is 0.332 e. The van der Waals surface area contributed by atoms with Gasteiger partial charge >= 0.3 is 0 Å². The van der Waals surface area contributed by atoms with Crippen LogP contribution in [-0.4, -0.2) is 26.0 Å². The predicted octanol–water partition coefficient (Wildman–Crippen LogP) is 3.50. The molecule has 0 bridgehead atoms. The molecule has 0 saturated carbocycles. The Morgan fingerprint density at radius 3 is 2.46 bits per heavy atom. The van der Waals surface area contributed by atoms with E-state index < -0.39 is 0 Å². The molecule has 0 atom stereocenters.